The fourth-order valence-corrected chi connectivity index (χ4v) is 9.65. The van der Waals surface area contributed by atoms with Crippen molar-refractivity contribution in [3.63, 3.8) is 0 Å². The van der Waals surface area contributed by atoms with E-state index in [9.17, 15) is 13.2 Å². The Bertz CT molecular complexity index is 849. The van der Waals surface area contributed by atoms with Crippen molar-refractivity contribution in [1.82, 2.24) is 9.62 Å². The molecule has 8 heteroatoms. The molecule has 0 unspecified atom stereocenters. The van der Waals surface area contributed by atoms with E-state index >= 15 is 0 Å². The summed E-state index contributed by atoms with van der Waals surface area (Å²) in [5.41, 5.74) is -0.320. The van der Waals surface area contributed by atoms with Gasteiger partial charge in [0.2, 0.25) is 5.91 Å². The summed E-state index contributed by atoms with van der Waals surface area (Å²) in [6.07, 6.45) is 6.02. The van der Waals surface area contributed by atoms with E-state index in [-0.39, 0.29) is 16.2 Å². The normalized spacial score (nSPS) is 34.1. The summed E-state index contributed by atoms with van der Waals surface area (Å²) in [6, 6.07) is 3.46. The van der Waals surface area contributed by atoms with Gasteiger partial charge in [-0.3, -0.25) is 4.79 Å². The van der Waals surface area contributed by atoms with Crippen LogP contribution in [0.25, 0.3) is 0 Å². The number of amides is 1. The fourth-order valence-electron chi connectivity index (χ4n) is 6.05. The fraction of sp³-hybridized carbons (Fsp3) is 0.750. The molecule has 0 aromatic carbocycles. The summed E-state index contributed by atoms with van der Waals surface area (Å²) in [5, 5.41) is 3.10. The quantitative estimate of drug-likeness (QED) is 0.647. The molecule has 0 aliphatic heterocycles. The molecule has 1 amide bonds. The van der Waals surface area contributed by atoms with Gasteiger partial charge in [-0.05, 0) is 62.5 Å². The zero-order chi connectivity index (χ0) is 20.2. The SMILES string of the molecule is CCN(CC)S(=O)(=O)c1ccc(CNC(=O)C23C[C@H]4C[C@@H](CC(Cl)(C4)C2)C3)s1. The first kappa shape index (κ1) is 20.6. The number of alkyl halides is 1. The van der Waals surface area contributed by atoms with Crippen LogP contribution >= 0.6 is 22.9 Å². The van der Waals surface area contributed by atoms with Crippen LogP contribution in [0.1, 0.15) is 57.2 Å². The Morgan fingerprint density at radius 3 is 2.43 bits per heavy atom. The van der Waals surface area contributed by atoms with Gasteiger partial charge in [-0.25, -0.2) is 8.42 Å². The molecule has 1 heterocycles. The predicted molar refractivity (Wildman–Crippen MR) is 112 cm³/mol. The van der Waals surface area contributed by atoms with Gasteiger partial charge < -0.3 is 5.32 Å². The van der Waals surface area contributed by atoms with Gasteiger partial charge in [0.1, 0.15) is 4.21 Å². The first-order valence-electron chi connectivity index (χ1n) is 10.3. The highest BCUT2D eigenvalue weighted by atomic mass is 35.5. The molecule has 0 spiro atoms. The van der Waals surface area contributed by atoms with Crippen molar-refractivity contribution in [3.05, 3.63) is 17.0 Å². The lowest BCUT2D eigenvalue weighted by atomic mass is 9.49. The van der Waals surface area contributed by atoms with Gasteiger partial charge in [0, 0.05) is 22.8 Å². The summed E-state index contributed by atoms with van der Waals surface area (Å²) in [4.78, 5) is 13.8. The maximum absolute atomic E-state index is 13.1. The largest absolute Gasteiger partial charge is 0.351 e. The molecule has 28 heavy (non-hydrogen) atoms. The van der Waals surface area contributed by atoms with E-state index in [0.29, 0.717) is 35.7 Å². The zero-order valence-electron chi connectivity index (χ0n) is 16.5. The summed E-state index contributed by atoms with van der Waals surface area (Å²) in [7, 11) is -3.44. The second kappa shape index (κ2) is 7.25. The Labute approximate surface area is 176 Å². The highest BCUT2D eigenvalue weighted by Gasteiger charge is 2.59. The molecule has 1 N–H and O–H groups in total. The molecule has 4 aliphatic carbocycles. The van der Waals surface area contributed by atoms with Gasteiger partial charge in [0.15, 0.2) is 0 Å². The molecule has 5 nitrogen and oxygen atoms in total. The van der Waals surface area contributed by atoms with Crippen LogP contribution in [-0.2, 0) is 21.4 Å². The minimum atomic E-state index is -3.44. The number of sulfonamides is 1. The molecule has 4 bridgehead atoms. The third-order valence-electron chi connectivity index (χ3n) is 6.83. The number of carbonyl (C=O) groups excluding carboxylic acids is 1. The first-order chi connectivity index (χ1) is 13.2. The summed E-state index contributed by atoms with van der Waals surface area (Å²) >= 11 is 8.09. The Morgan fingerprint density at radius 2 is 1.86 bits per heavy atom. The predicted octanol–water partition coefficient (Wildman–Crippen LogP) is 3.97. The van der Waals surface area contributed by atoms with Gasteiger partial charge in [-0.1, -0.05) is 13.8 Å². The smallest absolute Gasteiger partial charge is 0.252 e. The van der Waals surface area contributed by atoms with E-state index in [0.717, 1.165) is 37.0 Å². The third-order valence-corrected chi connectivity index (χ3v) is 10.9. The molecular weight excluding hydrogens is 416 g/mol. The molecule has 4 fully saturated rings. The number of nitrogens with one attached hydrogen (secondary N) is 1. The van der Waals surface area contributed by atoms with Crippen molar-refractivity contribution in [2.45, 2.75) is 68.0 Å². The minimum absolute atomic E-state index is 0.105. The van der Waals surface area contributed by atoms with Crippen molar-refractivity contribution in [2.75, 3.05) is 13.1 Å². The molecule has 156 valence electrons. The van der Waals surface area contributed by atoms with Crippen LogP contribution in [0.3, 0.4) is 0 Å². The third kappa shape index (κ3) is 3.53. The van der Waals surface area contributed by atoms with E-state index in [2.05, 4.69) is 5.32 Å². The topological polar surface area (TPSA) is 66.5 Å². The summed E-state index contributed by atoms with van der Waals surface area (Å²) in [5.74, 6) is 1.27. The number of thiophene rings is 1. The van der Waals surface area contributed by atoms with Gasteiger partial charge in [0.25, 0.3) is 10.0 Å². The summed E-state index contributed by atoms with van der Waals surface area (Å²) in [6.45, 7) is 4.96. The number of nitrogens with zero attached hydrogens (tertiary/aromatic N) is 1. The van der Waals surface area contributed by atoms with Crippen molar-refractivity contribution in [1.29, 1.82) is 0 Å². The minimum Gasteiger partial charge on any atom is -0.351 e. The lowest BCUT2D eigenvalue weighted by Gasteiger charge is -2.59. The van der Waals surface area contributed by atoms with Crippen LogP contribution in [0.15, 0.2) is 16.3 Å². The van der Waals surface area contributed by atoms with Crippen molar-refractivity contribution in [2.24, 2.45) is 17.3 Å². The average Bonchev–Trinajstić information content (AvgIpc) is 3.08. The molecular formula is C20H29ClN2O3S2. The number of halogens is 1. The molecule has 1 aromatic heterocycles. The van der Waals surface area contributed by atoms with Gasteiger partial charge in [-0.2, -0.15) is 4.31 Å². The van der Waals surface area contributed by atoms with Crippen LogP contribution in [0, 0.1) is 17.3 Å². The molecule has 4 saturated carbocycles. The maximum Gasteiger partial charge on any atom is 0.252 e. The molecule has 1 aromatic rings. The average molecular weight is 445 g/mol. The molecule has 4 aliphatic rings. The van der Waals surface area contributed by atoms with E-state index in [4.69, 9.17) is 11.6 Å². The molecule has 2 atom stereocenters. The van der Waals surface area contributed by atoms with Crippen LogP contribution in [0.5, 0.6) is 0 Å². The Kier molecular flexibility index (Phi) is 5.35. The summed E-state index contributed by atoms with van der Waals surface area (Å²) < 4.78 is 27.1. The highest BCUT2D eigenvalue weighted by molar-refractivity contribution is 7.91. The van der Waals surface area contributed by atoms with E-state index < -0.39 is 10.0 Å². The molecule has 0 radical (unpaired) electrons. The standard InChI is InChI=1S/C20H29ClN2O3S2/c1-3-23(4-2)28(25,26)17-6-5-16(27-17)12-22-18(24)19-8-14-7-15(9-19)11-20(21,10-14)13-19/h5-6,14-15H,3-4,7-13H2,1-2H3,(H,22,24)/t14-,15-,19?,20?/m1/s1. The van der Waals surface area contributed by atoms with Crippen LogP contribution in [0.4, 0.5) is 0 Å². The van der Waals surface area contributed by atoms with Crippen LogP contribution in [-0.4, -0.2) is 36.6 Å². The lowest BCUT2D eigenvalue weighted by Crippen LogP contribution is -2.58. The van der Waals surface area contributed by atoms with Crippen molar-refractivity contribution >= 4 is 38.9 Å². The van der Waals surface area contributed by atoms with E-state index in [1.165, 1.54) is 22.1 Å². The maximum atomic E-state index is 13.1. The van der Waals surface area contributed by atoms with Gasteiger partial charge in [0.05, 0.1) is 12.0 Å². The monoisotopic (exact) mass is 444 g/mol. The first-order valence-corrected chi connectivity index (χ1v) is 12.9. The van der Waals surface area contributed by atoms with E-state index in [1.54, 1.807) is 6.07 Å². The Morgan fingerprint density at radius 1 is 1.21 bits per heavy atom. The van der Waals surface area contributed by atoms with Crippen molar-refractivity contribution in [3.8, 4) is 0 Å². The number of rotatable bonds is 7. The number of hydrogen-bond acceptors (Lipinski definition) is 4. The zero-order valence-corrected chi connectivity index (χ0v) is 18.9. The number of hydrogen-bond donors (Lipinski definition) is 1. The highest BCUT2D eigenvalue weighted by Crippen LogP contribution is 2.63. The van der Waals surface area contributed by atoms with Gasteiger partial charge in [-0.15, -0.1) is 22.9 Å². The van der Waals surface area contributed by atoms with Gasteiger partial charge >= 0.3 is 0 Å². The van der Waals surface area contributed by atoms with Crippen LogP contribution in [0.2, 0.25) is 0 Å². The second-order valence-corrected chi connectivity index (χ2v) is 13.0. The van der Waals surface area contributed by atoms with Crippen molar-refractivity contribution < 1.29 is 13.2 Å². The lowest BCUT2D eigenvalue weighted by molar-refractivity contribution is -0.144. The van der Waals surface area contributed by atoms with E-state index in [1.807, 2.05) is 19.9 Å². The Balaban J connectivity index is 1.43. The number of carbonyl (C=O) groups is 1. The van der Waals surface area contributed by atoms with Crippen LogP contribution < -0.4 is 5.32 Å². The Hall–Kier alpha value is -0.630. The molecule has 0 saturated heterocycles. The second-order valence-electron chi connectivity index (χ2n) is 8.88. The molecule has 5 rings (SSSR count).